The van der Waals surface area contributed by atoms with E-state index in [9.17, 15) is 9.59 Å². The largest absolute Gasteiger partial charge is 0.483 e. The zero-order valence-corrected chi connectivity index (χ0v) is 16.2. The van der Waals surface area contributed by atoms with E-state index in [1.54, 1.807) is 30.1 Å². The molecule has 1 heterocycles. The van der Waals surface area contributed by atoms with Crippen molar-refractivity contribution < 1.29 is 13.9 Å². The van der Waals surface area contributed by atoms with Crippen molar-refractivity contribution in [2.75, 3.05) is 13.7 Å². The SMILES string of the molecule is Cc1cc(=O)oc2c(C)c(OCC(=O)N(C)Cc3ccc(Cl)cc3)ccc12. The third-order valence-corrected chi connectivity index (χ3v) is 4.68. The molecule has 27 heavy (non-hydrogen) atoms. The van der Waals surface area contributed by atoms with E-state index in [1.807, 2.05) is 32.0 Å². The molecule has 1 amide bonds. The molecule has 6 heteroatoms. The van der Waals surface area contributed by atoms with Crippen molar-refractivity contribution in [2.24, 2.45) is 0 Å². The maximum absolute atomic E-state index is 12.4. The average molecular weight is 386 g/mol. The highest BCUT2D eigenvalue weighted by Gasteiger charge is 2.14. The van der Waals surface area contributed by atoms with Gasteiger partial charge in [0.25, 0.3) is 5.91 Å². The maximum atomic E-state index is 12.4. The molecule has 0 aliphatic carbocycles. The molecule has 5 nitrogen and oxygen atoms in total. The Morgan fingerprint density at radius 1 is 1.15 bits per heavy atom. The van der Waals surface area contributed by atoms with E-state index >= 15 is 0 Å². The van der Waals surface area contributed by atoms with Gasteiger partial charge >= 0.3 is 5.63 Å². The number of aryl methyl sites for hydroxylation is 2. The van der Waals surface area contributed by atoms with Crippen molar-refractivity contribution >= 4 is 28.5 Å². The lowest BCUT2D eigenvalue weighted by atomic mass is 10.1. The van der Waals surface area contributed by atoms with Crippen LogP contribution in [0.2, 0.25) is 5.02 Å². The van der Waals surface area contributed by atoms with Gasteiger partial charge in [-0.2, -0.15) is 0 Å². The molecule has 0 fully saturated rings. The van der Waals surface area contributed by atoms with Crippen molar-refractivity contribution in [3.05, 3.63) is 74.6 Å². The molecule has 0 aliphatic heterocycles. The zero-order chi connectivity index (χ0) is 19.6. The Morgan fingerprint density at radius 3 is 2.56 bits per heavy atom. The molecule has 1 aromatic heterocycles. The molecular formula is C21H20ClNO4. The predicted octanol–water partition coefficient (Wildman–Crippen LogP) is 4.10. The van der Waals surface area contributed by atoms with Crippen molar-refractivity contribution in [3.8, 4) is 5.75 Å². The summed E-state index contributed by atoms with van der Waals surface area (Å²) < 4.78 is 11.0. The highest BCUT2D eigenvalue weighted by Crippen LogP contribution is 2.28. The summed E-state index contributed by atoms with van der Waals surface area (Å²) in [6.45, 7) is 4.02. The van der Waals surface area contributed by atoms with Crippen molar-refractivity contribution in [1.29, 1.82) is 0 Å². The van der Waals surface area contributed by atoms with Gasteiger partial charge < -0.3 is 14.1 Å². The number of ether oxygens (including phenoxy) is 1. The van der Waals surface area contributed by atoms with Gasteiger partial charge in [-0.05, 0) is 49.2 Å². The molecule has 0 aliphatic rings. The standard InChI is InChI=1S/C21H20ClNO4/c1-13-10-20(25)27-21-14(2)18(9-8-17(13)21)26-12-19(24)23(3)11-15-4-6-16(22)7-5-15/h4-10H,11-12H2,1-3H3. The third kappa shape index (κ3) is 4.31. The van der Waals surface area contributed by atoms with Crippen molar-refractivity contribution in [2.45, 2.75) is 20.4 Å². The molecule has 0 bridgehead atoms. The number of carbonyl (C=O) groups excluding carboxylic acids is 1. The van der Waals surface area contributed by atoms with Crippen molar-refractivity contribution in [1.82, 2.24) is 4.90 Å². The number of nitrogens with zero attached hydrogens (tertiary/aromatic N) is 1. The van der Waals surface area contributed by atoms with Gasteiger partial charge in [0.05, 0.1) is 0 Å². The number of fused-ring (bicyclic) bond motifs is 1. The molecule has 2 aromatic carbocycles. The molecule has 0 saturated carbocycles. The third-order valence-electron chi connectivity index (χ3n) is 4.43. The summed E-state index contributed by atoms with van der Waals surface area (Å²) in [5.74, 6) is 0.361. The Morgan fingerprint density at radius 2 is 1.85 bits per heavy atom. The summed E-state index contributed by atoms with van der Waals surface area (Å²) in [7, 11) is 1.72. The molecule has 3 rings (SSSR count). The van der Waals surface area contributed by atoms with Gasteiger partial charge in [0.15, 0.2) is 6.61 Å². The first kappa shape index (κ1) is 19.0. The topological polar surface area (TPSA) is 59.8 Å². The number of hydrogen-bond acceptors (Lipinski definition) is 4. The Bertz CT molecular complexity index is 1040. The molecule has 0 N–H and O–H groups in total. The number of rotatable bonds is 5. The van der Waals surface area contributed by atoms with Gasteiger partial charge in [-0.15, -0.1) is 0 Å². The van der Waals surface area contributed by atoms with Gasteiger partial charge in [-0.3, -0.25) is 4.79 Å². The molecule has 0 unspecified atom stereocenters. The van der Waals surface area contributed by atoms with E-state index in [0.717, 1.165) is 16.5 Å². The summed E-state index contributed by atoms with van der Waals surface area (Å²) in [6.07, 6.45) is 0. The average Bonchev–Trinajstić information content (AvgIpc) is 2.63. The van der Waals surface area contributed by atoms with Gasteiger partial charge in [0.2, 0.25) is 0 Å². The highest BCUT2D eigenvalue weighted by atomic mass is 35.5. The lowest BCUT2D eigenvalue weighted by molar-refractivity contribution is -0.132. The molecule has 0 saturated heterocycles. The first-order valence-electron chi connectivity index (χ1n) is 8.50. The Hall–Kier alpha value is -2.79. The minimum atomic E-state index is -0.404. The molecule has 0 spiro atoms. The van der Waals surface area contributed by atoms with Crippen LogP contribution < -0.4 is 10.4 Å². The van der Waals surface area contributed by atoms with E-state index in [1.165, 1.54) is 6.07 Å². The monoisotopic (exact) mass is 385 g/mol. The van der Waals surface area contributed by atoms with E-state index in [-0.39, 0.29) is 12.5 Å². The Kier molecular flexibility index (Phi) is 5.51. The van der Waals surface area contributed by atoms with Crippen LogP contribution in [-0.2, 0) is 11.3 Å². The molecule has 0 atom stereocenters. The van der Waals surface area contributed by atoms with Gasteiger partial charge in [0.1, 0.15) is 11.3 Å². The second-order valence-electron chi connectivity index (χ2n) is 6.48. The Balaban J connectivity index is 1.70. The van der Waals surface area contributed by atoms with Crippen LogP contribution in [0.4, 0.5) is 0 Å². The summed E-state index contributed by atoms with van der Waals surface area (Å²) >= 11 is 5.88. The van der Waals surface area contributed by atoms with Crippen LogP contribution in [0, 0.1) is 13.8 Å². The number of carbonyl (C=O) groups is 1. The van der Waals surface area contributed by atoms with Crippen LogP contribution in [0.1, 0.15) is 16.7 Å². The summed E-state index contributed by atoms with van der Waals surface area (Å²) in [4.78, 5) is 25.6. The van der Waals surface area contributed by atoms with Crippen LogP contribution in [0.5, 0.6) is 5.75 Å². The minimum Gasteiger partial charge on any atom is -0.483 e. The smallest absolute Gasteiger partial charge is 0.336 e. The second-order valence-corrected chi connectivity index (χ2v) is 6.92. The molecular weight excluding hydrogens is 366 g/mol. The molecule has 140 valence electrons. The molecule has 0 radical (unpaired) electrons. The quantitative estimate of drug-likeness (QED) is 0.620. The van der Waals surface area contributed by atoms with Gasteiger partial charge in [-0.25, -0.2) is 4.79 Å². The lowest BCUT2D eigenvalue weighted by Gasteiger charge is -2.18. The number of benzene rings is 2. The van der Waals surface area contributed by atoms with Crippen molar-refractivity contribution in [3.63, 3.8) is 0 Å². The van der Waals surface area contributed by atoms with E-state index in [4.69, 9.17) is 20.8 Å². The number of halogens is 1. The van der Waals surface area contributed by atoms with Gasteiger partial charge in [0, 0.05) is 35.6 Å². The first-order chi connectivity index (χ1) is 12.8. The van der Waals surface area contributed by atoms with Crippen LogP contribution in [0.3, 0.4) is 0 Å². The normalized spacial score (nSPS) is 10.8. The predicted molar refractivity (Wildman–Crippen MR) is 105 cm³/mol. The lowest BCUT2D eigenvalue weighted by Crippen LogP contribution is -2.31. The van der Waals surface area contributed by atoms with Crippen LogP contribution in [-0.4, -0.2) is 24.5 Å². The fourth-order valence-corrected chi connectivity index (χ4v) is 2.98. The fourth-order valence-electron chi connectivity index (χ4n) is 2.86. The van der Waals surface area contributed by atoms with E-state index in [2.05, 4.69) is 0 Å². The number of likely N-dealkylation sites (N-methyl/N-ethyl adjacent to an activating group) is 1. The minimum absolute atomic E-state index is 0.105. The van der Waals surface area contributed by atoms with Crippen LogP contribution in [0.15, 0.2) is 51.7 Å². The van der Waals surface area contributed by atoms with Crippen LogP contribution in [0.25, 0.3) is 11.0 Å². The van der Waals surface area contributed by atoms with Gasteiger partial charge in [-0.1, -0.05) is 23.7 Å². The Labute approximate surface area is 162 Å². The second kappa shape index (κ2) is 7.84. The van der Waals surface area contributed by atoms with Crippen LogP contribution >= 0.6 is 11.6 Å². The van der Waals surface area contributed by atoms with E-state index < -0.39 is 5.63 Å². The van der Waals surface area contributed by atoms with E-state index in [0.29, 0.717) is 28.5 Å². The molecule has 3 aromatic rings. The number of amides is 1. The summed E-state index contributed by atoms with van der Waals surface area (Å²) in [5, 5.41) is 1.51. The highest BCUT2D eigenvalue weighted by molar-refractivity contribution is 6.30. The number of hydrogen-bond donors (Lipinski definition) is 0. The first-order valence-corrected chi connectivity index (χ1v) is 8.88. The zero-order valence-electron chi connectivity index (χ0n) is 15.4. The summed E-state index contributed by atoms with van der Waals surface area (Å²) in [5.41, 5.74) is 2.60. The fraction of sp³-hybridized carbons (Fsp3) is 0.238. The maximum Gasteiger partial charge on any atom is 0.336 e. The summed E-state index contributed by atoms with van der Waals surface area (Å²) in [6, 6.07) is 12.4.